The summed E-state index contributed by atoms with van der Waals surface area (Å²) >= 11 is 5.90. The van der Waals surface area contributed by atoms with Crippen LogP contribution in [0.3, 0.4) is 0 Å². The highest BCUT2D eigenvalue weighted by molar-refractivity contribution is 6.30. The molecule has 2 rings (SSSR count). The summed E-state index contributed by atoms with van der Waals surface area (Å²) in [4.78, 5) is 8.03. The summed E-state index contributed by atoms with van der Waals surface area (Å²) in [5.41, 5.74) is 7.14. The van der Waals surface area contributed by atoms with E-state index in [1.165, 1.54) is 7.11 Å². The van der Waals surface area contributed by atoms with Crippen LogP contribution < -0.4 is 10.5 Å². The van der Waals surface area contributed by atoms with E-state index in [9.17, 15) is 0 Å². The number of nitrogens with zero attached hydrogens (tertiary/aromatic N) is 2. The van der Waals surface area contributed by atoms with Crippen LogP contribution in [0.4, 0.5) is 5.95 Å². The molecule has 0 fully saturated rings. The van der Waals surface area contributed by atoms with E-state index >= 15 is 0 Å². The first-order valence-electron chi connectivity index (χ1n) is 4.63. The molecule has 16 heavy (non-hydrogen) atoms. The van der Waals surface area contributed by atoms with Crippen molar-refractivity contribution in [3.63, 3.8) is 0 Å². The smallest absolute Gasteiger partial charge is 0.223 e. The molecule has 0 aliphatic carbocycles. The molecule has 0 unspecified atom stereocenters. The number of methoxy groups -OCH3 is 1. The third kappa shape index (κ3) is 2.23. The Balaban J connectivity index is 2.51. The number of aromatic nitrogens is 2. The van der Waals surface area contributed by atoms with Crippen LogP contribution in [0.1, 0.15) is 0 Å². The van der Waals surface area contributed by atoms with Crippen molar-refractivity contribution in [2.75, 3.05) is 12.8 Å². The van der Waals surface area contributed by atoms with Crippen LogP contribution >= 0.6 is 11.6 Å². The Morgan fingerprint density at radius 1 is 1.25 bits per heavy atom. The zero-order valence-electron chi connectivity index (χ0n) is 8.64. The first kappa shape index (κ1) is 10.7. The Morgan fingerprint density at radius 2 is 2.06 bits per heavy atom. The summed E-state index contributed by atoms with van der Waals surface area (Å²) in [6, 6.07) is 9.06. The van der Waals surface area contributed by atoms with Crippen molar-refractivity contribution in [2.24, 2.45) is 0 Å². The fourth-order valence-electron chi connectivity index (χ4n) is 1.34. The number of ether oxygens (including phenoxy) is 1. The zero-order chi connectivity index (χ0) is 11.5. The fraction of sp³-hybridized carbons (Fsp3) is 0.0909. The number of rotatable bonds is 2. The summed E-state index contributed by atoms with van der Waals surface area (Å²) in [6.45, 7) is 0. The second kappa shape index (κ2) is 4.37. The number of benzene rings is 1. The van der Waals surface area contributed by atoms with Crippen molar-refractivity contribution < 1.29 is 4.74 Å². The van der Waals surface area contributed by atoms with Gasteiger partial charge in [-0.25, -0.2) is 4.98 Å². The molecule has 2 N–H and O–H groups in total. The van der Waals surface area contributed by atoms with Crippen LogP contribution in [0.25, 0.3) is 11.3 Å². The topological polar surface area (TPSA) is 61.0 Å². The van der Waals surface area contributed by atoms with E-state index in [1.807, 2.05) is 18.2 Å². The third-order valence-corrected chi connectivity index (χ3v) is 2.28. The van der Waals surface area contributed by atoms with Crippen molar-refractivity contribution in [2.45, 2.75) is 0 Å². The Bertz CT molecular complexity index is 516. The standard InChI is InChI=1S/C11H10ClN3O/c1-16-10-6-9(14-11(13)15-10)7-3-2-4-8(12)5-7/h2-6H,1H3,(H2,13,14,15). The molecule has 4 nitrogen and oxygen atoms in total. The minimum atomic E-state index is 0.175. The number of hydrogen-bond acceptors (Lipinski definition) is 4. The number of anilines is 1. The van der Waals surface area contributed by atoms with Gasteiger partial charge in [-0.1, -0.05) is 23.7 Å². The predicted molar refractivity (Wildman–Crippen MR) is 63.4 cm³/mol. The first-order chi connectivity index (χ1) is 7.69. The van der Waals surface area contributed by atoms with Crippen LogP contribution in [-0.2, 0) is 0 Å². The van der Waals surface area contributed by atoms with Crippen LogP contribution in [0, 0.1) is 0 Å². The molecule has 1 aromatic carbocycles. The van der Waals surface area contributed by atoms with Gasteiger partial charge in [-0.2, -0.15) is 4.98 Å². The van der Waals surface area contributed by atoms with Crippen LogP contribution in [0.5, 0.6) is 5.88 Å². The molecule has 1 heterocycles. The molecular formula is C11H10ClN3O. The number of hydrogen-bond donors (Lipinski definition) is 1. The van der Waals surface area contributed by atoms with Gasteiger partial charge in [0.25, 0.3) is 0 Å². The Kier molecular flexibility index (Phi) is 2.92. The third-order valence-electron chi connectivity index (χ3n) is 2.05. The van der Waals surface area contributed by atoms with Crippen molar-refractivity contribution in [1.29, 1.82) is 0 Å². The van der Waals surface area contributed by atoms with Crippen molar-refractivity contribution in [1.82, 2.24) is 9.97 Å². The van der Waals surface area contributed by atoms with Gasteiger partial charge in [0.2, 0.25) is 11.8 Å². The molecule has 2 aromatic rings. The number of nitrogens with two attached hydrogens (primary N) is 1. The van der Waals surface area contributed by atoms with Gasteiger partial charge in [-0.3, -0.25) is 0 Å². The molecule has 0 saturated carbocycles. The molecular weight excluding hydrogens is 226 g/mol. The van der Waals surface area contributed by atoms with Gasteiger partial charge in [0, 0.05) is 16.7 Å². The van der Waals surface area contributed by atoms with E-state index in [4.69, 9.17) is 22.1 Å². The molecule has 1 aromatic heterocycles. The molecule has 5 heteroatoms. The molecule has 0 atom stereocenters. The van der Waals surface area contributed by atoms with Gasteiger partial charge in [0.15, 0.2) is 0 Å². The van der Waals surface area contributed by atoms with E-state index in [0.29, 0.717) is 16.6 Å². The van der Waals surface area contributed by atoms with Crippen molar-refractivity contribution in [3.8, 4) is 17.1 Å². The van der Waals surface area contributed by atoms with E-state index in [-0.39, 0.29) is 5.95 Å². The molecule has 0 amide bonds. The van der Waals surface area contributed by atoms with Crippen LogP contribution in [-0.4, -0.2) is 17.1 Å². The van der Waals surface area contributed by atoms with Crippen LogP contribution in [0.2, 0.25) is 5.02 Å². The van der Waals surface area contributed by atoms with Gasteiger partial charge in [-0.15, -0.1) is 0 Å². The fourth-order valence-corrected chi connectivity index (χ4v) is 1.53. The molecule has 0 saturated heterocycles. The maximum atomic E-state index is 5.90. The average molecular weight is 236 g/mol. The highest BCUT2D eigenvalue weighted by atomic mass is 35.5. The Morgan fingerprint density at radius 3 is 2.75 bits per heavy atom. The monoisotopic (exact) mass is 235 g/mol. The maximum absolute atomic E-state index is 5.90. The summed E-state index contributed by atoms with van der Waals surface area (Å²) in [6.07, 6.45) is 0. The Labute approximate surface area is 98.0 Å². The highest BCUT2D eigenvalue weighted by Gasteiger charge is 2.05. The van der Waals surface area contributed by atoms with Crippen molar-refractivity contribution in [3.05, 3.63) is 35.4 Å². The SMILES string of the molecule is COc1cc(-c2cccc(Cl)c2)nc(N)n1. The van der Waals surface area contributed by atoms with Gasteiger partial charge in [-0.05, 0) is 12.1 Å². The van der Waals surface area contributed by atoms with Gasteiger partial charge >= 0.3 is 0 Å². The maximum Gasteiger partial charge on any atom is 0.223 e. The van der Waals surface area contributed by atoms with E-state index in [1.54, 1.807) is 12.1 Å². The normalized spacial score (nSPS) is 10.1. The molecule has 0 aliphatic heterocycles. The first-order valence-corrected chi connectivity index (χ1v) is 5.01. The second-order valence-corrected chi connectivity index (χ2v) is 3.60. The molecule has 0 aliphatic rings. The minimum absolute atomic E-state index is 0.175. The minimum Gasteiger partial charge on any atom is -0.481 e. The predicted octanol–water partition coefficient (Wildman–Crippen LogP) is 2.39. The lowest BCUT2D eigenvalue weighted by Gasteiger charge is -2.05. The van der Waals surface area contributed by atoms with Gasteiger partial charge in [0.1, 0.15) is 0 Å². The number of halogens is 1. The van der Waals surface area contributed by atoms with Gasteiger partial charge in [0.05, 0.1) is 12.8 Å². The lowest BCUT2D eigenvalue weighted by atomic mass is 10.1. The Hall–Kier alpha value is -1.81. The molecule has 0 spiro atoms. The summed E-state index contributed by atoms with van der Waals surface area (Å²) in [5.74, 6) is 0.608. The summed E-state index contributed by atoms with van der Waals surface area (Å²) < 4.78 is 5.02. The largest absolute Gasteiger partial charge is 0.481 e. The van der Waals surface area contributed by atoms with Crippen LogP contribution in [0.15, 0.2) is 30.3 Å². The quantitative estimate of drug-likeness (QED) is 0.868. The zero-order valence-corrected chi connectivity index (χ0v) is 9.40. The molecule has 0 bridgehead atoms. The summed E-state index contributed by atoms with van der Waals surface area (Å²) in [7, 11) is 1.53. The molecule has 0 radical (unpaired) electrons. The number of nitrogen functional groups attached to an aromatic ring is 1. The van der Waals surface area contributed by atoms with E-state index in [0.717, 1.165) is 5.56 Å². The molecule has 82 valence electrons. The van der Waals surface area contributed by atoms with E-state index < -0.39 is 0 Å². The highest BCUT2D eigenvalue weighted by Crippen LogP contribution is 2.23. The van der Waals surface area contributed by atoms with E-state index in [2.05, 4.69) is 9.97 Å². The van der Waals surface area contributed by atoms with Crippen molar-refractivity contribution >= 4 is 17.5 Å². The average Bonchev–Trinajstić information content (AvgIpc) is 2.28. The van der Waals surface area contributed by atoms with Gasteiger partial charge < -0.3 is 10.5 Å². The summed E-state index contributed by atoms with van der Waals surface area (Å²) in [5, 5.41) is 0.647. The lowest BCUT2D eigenvalue weighted by molar-refractivity contribution is 0.398. The lowest BCUT2D eigenvalue weighted by Crippen LogP contribution is -1.99. The second-order valence-electron chi connectivity index (χ2n) is 3.16.